The lowest BCUT2D eigenvalue weighted by atomic mass is 9.73. The van der Waals surface area contributed by atoms with Gasteiger partial charge in [-0.2, -0.15) is 0 Å². The summed E-state index contributed by atoms with van der Waals surface area (Å²) in [6.07, 6.45) is 2.24. The minimum atomic E-state index is -0.199. The molecule has 0 fully saturated rings. The smallest absolute Gasteiger partial charge is 0.164 e. The first-order chi connectivity index (χ1) is 27.0. The molecule has 11 rings (SSSR count). The van der Waals surface area contributed by atoms with Crippen molar-refractivity contribution in [2.24, 2.45) is 0 Å². The van der Waals surface area contributed by atoms with E-state index in [2.05, 4.69) is 138 Å². The number of hydrogen-bond acceptors (Lipinski definition) is 3. The highest BCUT2D eigenvalue weighted by Gasteiger charge is 2.36. The molecular weight excluding hydrogens is 671 g/mol. The molecule has 5 heteroatoms. The molecule has 3 aromatic heterocycles. The van der Waals surface area contributed by atoms with E-state index in [-0.39, 0.29) is 5.41 Å². The average Bonchev–Trinajstić information content (AvgIpc) is 3.82. The summed E-state index contributed by atoms with van der Waals surface area (Å²) >= 11 is 0. The summed E-state index contributed by atoms with van der Waals surface area (Å²) < 4.78 is 4.84. The lowest BCUT2D eigenvalue weighted by molar-refractivity contribution is 0.634. The molecule has 55 heavy (non-hydrogen) atoms. The van der Waals surface area contributed by atoms with Crippen molar-refractivity contribution < 1.29 is 0 Å². The first-order valence-corrected chi connectivity index (χ1v) is 18.8. The predicted octanol–water partition coefficient (Wildman–Crippen LogP) is 12.2. The van der Waals surface area contributed by atoms with E-state index in [9.17, 15) is 0 Å². The van der Waals surface area contributed by atoms with Gasteiger partial charge in [0.05, 0.1) is 16.6 Å². The van der Waals surface area contributed by atoms with Gasteiger partial charge in [-0.3, -0.25) is 0 Å². The second-order valence-electron chi connectivity index (χ2n) is 14.9. The van der Waals surface area contributed by atoms with Gasteiger partial charge in [0, 0.05) is 55.8 Å². The van der Waals surface area contributed by atoms with Crippen LogP contribution in [0.4, 0.5) is 0 Å². The molecule has 5 nitrogen and oxygen atoms in total. The summed E-state index contributed by atoms with van der Waals surface area (Å²) in [7, 11) is 0. The Morgan fingerprint density at radius 1 is 0.473 bits per heavy atom. The first kappa shape index (κ1) is 31.4. The SMILES string of the molecule is CC1(C)c2ccccc2-n2ccc3cc4c(c1c32)c1ccccc1n4-c1cccc(-c2cccc(-c3nc(-c4ccccc4)nc(-c4ccccc4)n3)c2)c1. The van der Waals surface area contributed by atoms with Crippen molar-refractivity contribution in [1.29, 1.82) is 0 Å². The van der Waals surface area contributed by atoms with Crippen molar-refractivity contribution in [3.63, 3.8) is 0 Å². The zero-order chi connectivity index (χ0) is 36.7. The van der Waals surface area contributed by atoms with E-state index in [4.69, 9.17) is 15.0 Å². The Labute approximate surface area is 318 Å². The van der Waals surface area contributed by atoms with Crippen molar-refractivity contribution in [3.8, 4) is 56.7 Å². The number of para-hydroxylation sites is 2. The molecule has 10 aromatic rings. The van der Waals surface area contributed by atoms with Crippen molar-refractivity contribution in [1.82, 2.24) is 24.1 Å². The van der Waals surface area contributed by atoms with Crippen molar-refractivity contribution in [2.45, 2.75) is 19.3 Å². The van der Waals surface area contributed by atoms with E-state index in [1.807, 2.05) is 60.7 Å². The highest BCUT2D eigenvalue weighted by molar-refractivity contribution is 6.17. The van der Waals surface area contributed by atoms with E-state index < -0.39 is 0 Å². The van der Waals surface area contributed by atoms with Crippen LogP contribution in [0, 0.1) is 0 Å². The fourth-order valence-corrected chi connectivity index (χ4v) is 8.79. The largest absolute Gasteiger partial charge is 0.316 e. The van der Waals surface area contributed by atoms with E-state index in [1.165, 1.54) is 49.5 Å². The van der Waals surface area contributed by atoms with Gasteiger partial charge in [0.15, 0.2) is 17.5 Å². The van der Waals surface area contributed by atoms with E-state index in [1.54, 1.807) is 0 Å². The van der Waals surface area contributed by atoms with Crippen LogP contribution in [0.25, 0.3) is 89.4 Å². The summed E-state index contributed by atoms with van der Waals surface area (Å²) in [4.78, 5) is 14.9. The Hall–Kier alpha value is -7.11. The summed E-state index contributed by atoms with van der Waals surface area (Å²) in [5, 5.41) is 3.83. The highest BCUT2D eigenvalue weighted by Crippen LogP contribution is 2.50. The minimum Gasteiger partial charge on any atom is -0.316 e. The molecule has 0 saturated heterocycles. The topological polar surface area (TPSA) is 48.5 Å². The standard InChI is InChI=1S/C50H35N5/c1-50(2)40-24-10-12-26-42(40)54-28-27-36-31-43-44(45(50)46(36)54)39-23-9-11-25-41(39)55(43)38-22-14-20-35(30-38)34-19-13-21-37(29-34)49-52-47(32-15-5-3-6-16-32)51-48(53-49)33-17-7-4-8-18-33/h3-31H,1-2H3. The van der Waals surface area contributed by atoms with Crippen LogP contribution in [0.15, 0.2) is 176 Å². The number of rotatable bonds is 5. The van der Waals surface area contributed by atoms with Crippen LogP contribution in [-0.2, 0) is 5.41 Å². The predicted molar refractivity (Wildman–Crippen MR) is 225 cm³/mol. The van der Waals surface area contributed by atoms with E-state index in [0.717, 1.165) is 33.5 Å². The molecule has 4 heterocycles. The third-order valence-electron chi connectivity index (χ3n) is 11.3. The van der Waals surface area contributed by atoms with Gasteiger partial charge in [-0.05, 0) is 64.7 Å². The quantitative estimate of drug-likeness (QED) is 0.179. The van der Waals surface area contributed by atoms with Crippen LogP contribution < -0.4 is 0 Å². The number of fused-ring (bicyclic) bond motifs is 6. The average molecular weight is 706 g/mol. The molecule has 0 amide bonds. The molecule has 0 unspecified atom stereocenters. The zero-order valence-electron chi connectivity index (χ0n) is 30.5. The van der Waals surface area contributed by atoms with E-state index in [0.29, 0.717) is 17.5 Å². The monoisotopic (exact) mass is 705 g/mol. The molecular formula is C50H35N5. The van der Waals surface area contributed by atoms with Gasteiger partial charge in [0.1, 0.15) is 0 Å². The summed E-state index contributed by atoms with van der Waals surface area (Å²) in [6, 6.07) is 60.1. The Balaban J connectivity index is 1.08. The molecule has 1 aliphatic heterocycles. The molecule has 0 radical (unpaired) electrons. The van der Waals surface area contributed by atoms with Crippen molar-refractivity contribution in [2.75, 3.05) is 0 Å². The second kappa shape index (κ2) is 12.0. The lowest BCUT2D eigenvalue weighted by Crippen LogP contribution is -2.26. The maximum Gasteiger partial charge on any atom is 0.164 e. The maximum absolute atomic E-state index is 5.01. The maximum atomic E-state index is 5.01. The van der Waals surface area contributed by atoms with Crippen LogP contribution in [0.5, 0.6) is 0 Å². The number of benzene rings is 7. The van der Waals surface area contributed by atoms with Gasteiger partial charge in [-0.1, -0.05) is 141 Å². The fraction of sp³-hybridized carbons (Fsp3) is 0.0600. The molecule has 1 aliphatic rings. The lowest BCUT2D eigenvalue weighted by Gasteiger charge is -2.35. The molecule has 0 bridgehead atoms. The third-order valence-corrected chi connectivity index (χ3v) is 11.3. The summed E-state index contributed by atoms with van der Waals surface area (Å²) in [5.74, 6) is 1.94. The van der Waals surface area contributed by atoms with Gasteiger partial charge in [0.25, 0.3) is 0 Å². The molecule has 7 aromatic carbocycles. The van der Waals surface area contributed by atoms with Crippen LogP contribution in [0.1, 0.15) is 25.0 Å². The van der Waals surface area contributed by atoms with Gasteiger partial charge >= 0.3 is 0 Å². The first-order valence-electron chi connectivity index (χ1n) is 18.8. The minimum absolute atomic E-state index is 0.199. The zero-order valence-corrected chi connectivity index (χ0v) is 30.5. The third kappa shape index (κ3) is 4.83. The number of nitrogens with zero attached hydrogens (tertiary/aromatic N) is 5. The second-order valence-corrected chi connectivity index (χ2v) is 14.9. The number of aromatic nitrogens is 5. The fourth-order valence-electron chi connectivity index (χ4n) is 8.79. The molecule has 0 atom stereocenters. The molecule has 0 N–H and O–H groups in total. The van der Waals surface area contributed by atoms with E-state index >= 15 is 0 Å². The number of hydrogen-bond donors (Lipinski definition) is 0. The Kier molecular flexibility index (Phi) is 6.83. The Morgan fingerprint density at radius 3 is 1.80 bits per heavy atom. The van der Waals surface area contributed by atoms with Crippen LogP contribution in [-0.4, -0.2) is 24.1 Å². The normalized spacial score (nSPS) is 13.1. The summed E-state index contributed by atoms with van der Waals surface area (Å²) in [5.41, 5.74) is 13.7. The van der Waals surface area contributed by atoms with Crippen LogP contribution in [0.2, 0.25) is 0 Å². The van der Waals surface area contributed by atoms with Crippen LogP contribution in [0.3, 0.4) is 0 Å². The van der Waals surface area contributed by atoms with Crippen molar-refractivity contribution >= 4 is 32.7 Å². The van der Waals surface area contributed by atoms with Crippen LogP contribution >= 0.6 is 0 Å². The highest BCUT2D eigenvalue weighted by atomic mass is 15.0. The van der Waals surface area contributed by atoms with Gasteiger partial charge in [-0.15, -0.1) is 0 Å². The molecule has 0 aliphatic carbocycles. The van der Waals surface area contributed by atoms with Crippen molar-refractivity contribution in [3.05, 3.63) is 187 Å². The molecule has 0 spiro atoms. The van der Waals surface area contributed by atoms with Gasteiger partial charge in [-0.25, -0.2) is 15.0 Å². The Morgan fingerprint density at radius 2 is 1.05 bits per heavy atom. The Bertz CT molecular complexity index is 3060. The molecule has 260 valence electrons. The summed E-state index contributed by atoms with van der Waals surface area (Å²) in [6.45, 7) is 4.77. The van der Waals surface area contributed by atoms with Gasteiger partial charge < -0.3 is 9.13 Å². The van der Waals surface area contributed by atoms with Gasteiger partial charge in [0.2, 0.25) is 0 Å². The molecule has 0 saturated carbocycles.